The van der Waals surface area contributed by atoms with E-state index in [1.54, 1.807) is 23.1 Å². The molecule has 124 valence electrons. The number of hydrogen-bond donors (Lipinski definition) is 1. The molecule has 1 saturated heterocycles. The van der Waals surface area contributed by atoms with E-state index in [0.717, 1.165) is 31.5 Å². The van der Waals surface area contributed by atoms with E-state index >= 15 is 0 Å². The third-order valence-corrected chi connectivity index (χ3v) is 4.29. The predicted molar refractivity (Wildman–Crippen MR) is 92.2 cm³/mol. The van der Waals surface area contributed by atoms with Crippen LogP contribution in [-0.2, 0) is 0 Å². The second-order valence-electron chi connectivity index (χ2n) is 5.48. The van der Waals surface area contributed by atoms with Gasteiger partial charge in [-0.3, -0.25) is 4.79 Å². The summed E-state index contributed by atoms with van der Waals surface area (Å²) in [5, 5.41) is 7.87. The van der Waals surface area contributed by atoms with Crippen molar-refractivity contribution in [2.75, 3.05) is 20.1 Å². The number of aromatic nitrogens is 1. The van der Waals surface area contributed by atoms with E-state index in [2.05, 4.69) is 10.5 Å². The van der Waals surface area contributed by atoms with Gasteiger partial charge in [-0.25, -0.2) is 0 Å². The number of nitrogens with one attached hydrogen (secondary N) is 1. The van der Waals surface area contributed by atoms with Crippen molar-refractivity contribution in [2.45, 2.75) is 18.9 Å². The number of piperidine rings is 1. The van der Waals surface area contributed by atoms with Crippen LogP contribution < -0.4 is 5.32 Å². The molecule has 7 heteroatoms. The predicted octanol–water partition coefficient (Wildman–Crippen LogP) is 3.24. The highest BCUT2D eigenvalue weighted by Gasteiger charge is 2.25. The molecule has 2 heterocycles. The van der Waals surface area contributed by atoms with Gasteiger partial charge in [0.25, 0.3) is 5.91 Å². The molecule has 1 aromatic heterocycles. The van der Waals surface area contributed by atoms with Gasteiger partial charge in [-0.2, -0.15) is 0 Å². The van der Waals surface area contributed by atoms with Gasteiger partial charge < -0.3 is 14.7 Å². The quantitative estimate of drug-likeness (QED) is 0.917. The zero-order valence-corrected chi connectivity index (χ0v) is 14.4. The zero-order chi connectivity index (χ0) is 15.5. The van der Waals surface area contributed by atoms with E-state index in [-0.39, 0.29) is 24.4 Å². The first-order valence-electron chi connectivity index (χ1n) is 7.35. The Balaban J connectivity index is 0.00000192. The molecule has 0 radical (unpaired) electrons. The van der Waals surface area contributed by atoms with E-state index in [1.165, 1.54) is 0 Å². The fraction of sp³-hybridized carbons (Fsp3) is 0.375. The molecule has 0 spiro atoms. The number of carbonyl (C=O) groups is 1. The Bertz CT molecular complexity index is 652. The van der Waals surface area contributed by atoms with Crippen molar-refractivity contribution < 1.29 is 9.32 Å². The van der Waals surface area contributed by atoms with Crippen molar-refractivity contribution in [3.63, 3.8) is 0 Å². The number of carbonyl (C=O) groups excluding carboxylic acids is 1. The molecule has 0 saturated carbocycles. The van der Waals surface area contributed by atoms with Crippen LogP contribution >= 0.6 is 24.0 Å². The summed E-state index contributed by atoms with van der Waals surface area (Å²) in [5.41, 5.74) is 1.19. The first-order chi connectivity index (χ1) is 10.6. The molecular formula is C16H19Cl2N3O2. The van der Waals surface area contributed by atoms with Crippen LogP contribution in [0.4, 0.5) is 0 Å². The van der Waals surface area contributed by atoms with Crippen molar-refractivity contribution in [2.24, 2.45) is 0 Å². The summed E-state index contributed by atoms with van der Waals surface area (Å²) >= 11 is 5.87. The van der Waals surface area contributed by atoms with E-state index in [0.29, 0.717) is 16.5 Å². The lowest BCUT2D eigenvalue weighted by molar-refractivity contribution is 0.0693. The molecule has 0 atom stereocenters. The summed E-state index contributed by atoms with van der Waals surface area (Å²) in [7, 11) is 1.83. The summed E-state index contributed by atoms with van der Waals surface area (Å²) in [4.78, 5) is 14.3. The van der Waals surface area contributed by atoms with E-state index in [9.17, 15) is 4.79 Å². The molecule has 23 heavy (non-hydrogen) atoms. The molecule has 2 aromatic rings. The second-order valence-corrected chi connectivity index (χ2v) is 5.92. The highest BCUT2D eigenvalue weighted by molar-refractivity contribution is 6.30. The smallest absolute Gasteiger partial charge is 0.276 e. The SMILES string of the molecule is CN(C(=O)c1cc(-c2ccc(Cl)cc2)on1)C1CCNCC1.Cl. The van der Waals surface area contributed by atoms with Gasteiger partial charge in [0.05, 0.1) is 0 Å². The largest absolute Gasteiger partial charge is 0.355 e. The minimum Gasteiger partial charge on any atom is -0.355 e. The molecule has 0 bridgehead atoms. The molecule has 5 nitrogen and oxygen atoms in total. The van der Waals surface area contributed by atoms with Crippen molar-refractivity contribution in [3.05, 3.63) is 41.0 Å². The first-order valence-corrected chi connectivity index (χ1v) is 7.73. The lowest BCUT2D eigenvalue weighted by atomic mass is 10.0. The second kappa shape index (κ2) is 7.81. The topological polar surface area (TPSA) is 58.4 Å². The normalized spacial score (nSPS) is 15.0. The standard InChI is InChI=1S/C16H18ClN3O2.ClH/c1-20(13-6-8-18-9-7-13)16(21)14-10-15(22-19-14)11-2-4-12(17)5-3-11;/h2-5,10,13,18H,6-9H2,1H3;1H. The van der Waals surface area contributed by atoms with Gasteiger partial charge in [-0.05, 0) is 50.2 Å². The number of amides is 1. The first kappa shape index (κ1) is 17.8. The van der Waals surface area contributed by atoms with Crippen molar-refractivity contribution in [1.82, 2.24) is 15.4 Å². The van der Waals surface area contributed by atoms with Crippen molar-refractivity contribution >= 4 is 29.9 Å². The Morgan fingerprint density at radius 2 is 1.96 bits per heavy atom. The fourth-order valence-electron chi connectivity index (χ4n) is 2.67. The molecular weight excluding hydrogens is 337 g/mol. The number of rotatable bonds is 3. The van der Waals surface area contributed by atoms with Gasteiger partial charge in [-0.1, -0.05) is 16.8 Å². The lowest BCUT2D eigenvalue weighted by Crippen LogP contribution is -2.44. The summed E-state index contributed by atoms with van der Waals surface area (Å²) in [5.74, 6) is 0.467. The van der Waals surface area contributed by atoms with Crippen LogP contribution in [0.5, 0.6) is 0 Å². The average Bonchev–Trinajstić information content (AvgIpc) is 3.05. The Kier molecular flexibility index (Phi) is 6.04. The average molecular weight is 356 g/mol. The van der Waals surface area contributed by atoms with Crippen LogP contribution in [0.1, 0.15) is 23.3 Å². The van der Waals surface area contributed by atoms with E-state index < -0.39 is 0 Å². The highest BCUT2D eigenvalue weighted by Crippen LogP contribution is 2.23. The lowest BCUT2D eigenvalue weighted by Gasteiger charge is -2.31. The maximum atomic E-state index is 12.5. The van der Waals surface area contributed by atoms with Gasteiger partial charge in [0.2, 0.25) is 0 Å². The summed E-state index contributed by atoms with van der Waals surface area (Å²) in [6.45, 7) is 1.88. The monoisotopic (exact) mass is 355 g/mol. The van der Waals surface area contributed by atoms with E-state index in [1.807, 2.05) is 19.2 Å². The fourth-order valence-corrected chi connectivity index (χ4v) is 2.79. The third-order valence-electron chi connectivity index (χ3n) is 4.03. The van der Waals surface area contributed by atoms with Crippen LogP contribution in [0, 0.1) is 0 Å². The molecule has 0 aliphatic carbocycles. The number of hydrogen-bond acceptors (Lipinski definition) is 4. The van der Waals surface area contributed by atoms with Crippen LogP contribution in [0.3, 0.4) is 0 Å². The Labute approximate surface area is 146 Å². The molecule has 0 unspecified atom stereocenters. The van der Waals surface area contributed by atoms with Gasteiger partial charge in [0.1, 0.15) is 0 Å². The van der Waals surface area contributed by atoms with Crippen LogP contribution in [0.2, 0.25) is 5.02 Å². The minimum atomic E-state index is -0.101. The maximum absolute atomic E-state index is 12.5. The Hall–Kier alpha value is -1.56. The van der Waals surface area contributed by atoms with E-state index in [4.69, 9.17) is 16.1 Å². The molecule has 1 aliphatic rings. The molecule has 1 aliphatic heterocycles. The van der Waals surface area contributed by atoms with Gasteiger partial charge >= 0.3 is 0 Å². The van der Waals surface area contributed by atoms with Gasteiger partial charge in [0.15, 0.2) is 11.5 Å². The molecule has 3 rings (SSSR count). The summed E-state index contributed by atoms with van der Waals surface area (Å²) in [6, 6.07) is 9.18. The molecule has 1 N–H and O–H groups in total. The van der Waals surface area contributed by atoms with Gasteiger partial charge in [0, 0.05) is 29.7 Å². The van der Waals surface area contributed by atoms with Crippen LogP contribution in [0.25, 0.3) is 11.3 Å². The summed E-state index contributed by atoms with van der Waals surface area (Å²) < 4.78 is 5.30. The summed E-state index contributed by atoms with van der Waals surface area (Å²) in [6.07, 6.45) is 1.92. The number of nitrogens with zero attached hydrogens (tertiary/aromatic N) is 2. The van der Waals surface area contributed by atoms with Gasteiger partial charge in [-0.15, -0.1) is 12.4 Å². The maximum Gasteiger partial charge on any atom is 0.276 e. The zero-order valence-electron chi connectivity index (χ0n) is 12.8. The molecule has 1 aromatic carbocycles. The minimum absolute atomic E-state index is 0. The van der Waals surface area contributed by atoms with Crippen molar-refractivity contribution in [1.29, 1.82) is 0 Å². The molecule has 1 amide bonds. The number of benzene rings is 1. The van der Waals surface area contributed by atoms with Crippen LogP contribution in [-0.4, -0.2) is 42.1 Å². The highest BCUT2D eigenvalue weighted by atomic mass is 35.5. The van der Waals surface area contributed by atoms with Crippen LogP contribution in [0.15, 0.2) is 34.9 Å². The number of halogens is 2. The Morgan fingerprint density at radius 3 is 2.61 bits per heavy atom. The third kappa shape index (κ3) is 4.05. The van der Waals surface area contributed by atoms with Crippen molar-refractivity contribution in [3.8, 4) is 11.3 Å². The molecule has 1 fully saturated rings. The Morgan fingerprint density at radius 1 is 1.30 bits per heavy atom.